The number of aromatic nitrogens is 1. The molecule has 0 aromatic carbocycles. The first kappa shape index (κ1) is 10.5. The minimum absolute atomic E-state index is 0.167. The Morgan fingerprint density at radius 3 is 2.93 bits per heavy atom. The smallest absolute Gasteiger partial charge is 0.348 e. The van der Waals surface area contributed by atoms with E-state index in [1.165, 1.54) is 0 Å². The van der Waals surface area contributed by atoms with E-state index in [0.29, 0.717) is 12.4 Å². The molecule has 1 rings (SSSR count). The maximum Gasteiger partial charge on any atom is 0.348 e. The predicted molar refractivity (Wildman–Crippen MR) is 52.4 cm³/mol. The van der Waals surface area contributed by atoms with Crippen LogP contribution in [-0.2, 0) is 16.1 Å². The molecule has 0 aliphatic rings. The summed E-state index contributed by atoms with van der Waals surface area (Å²) in [6, 6.07) is 3.72. The van der Waals surface area contributed by atoms with Gasteiger partial charge in [-0.3, -0.25) is 5.73 Å². The van der Waals surface area contributed by atoms with Gasteiger partial charge < -0.3 is 4.74 Å². The number of carbonyl (C=O) groups excluding carboxylic acids is 1. The molecule has 0 aliphatic carbocycles. The van der Waals surface area contributed by atoms with Crippen LogP contribution in [0.15, 0.2) is 18.3 Å². The average molecular weight is 195 g/mol. The van der Waals surface area contributed by atoms with E-state index in [-0.39, 0.29) is 12.5 Å². The topological polar surface area (TPSA) is 56.2 Å². The third-order valence-corrected chi connectivity index (χ3v) is 1.83. The van der Waals surface area contributed by atoms with Crippen LogP contribution < -0.4 is 10.3 Å². The number of aryl methyl sites for hydroxylation is 1. The number of ether oxygens (including phenoxy) is 1. The molecule has 2 N–H and O–H groups in total. The standard InChI is InChI=1S/C10H14N2O2/c1-3-14-10(13)7-12-5-4-8(2)6-9(12)11/h4-6,11H,3,7H2,1-2H3/p+1. The summed E-state index contributed by atoms with van der Waals surface area (Å²) < 4.78 is 6.47. The fourth-order valence-corrected chi connectivity index (χ4v) is 1.15. The second-order valence-corrected chi connectivity index (χ2v) is 3.06. The van der Waals surface area contributed by atoms with Gasteiger partial charge in [0.15, 0.2) is 6.54 Å². The van der Waals surface area contributed by atoms with Crippen LogP contribution in [0.2, 0.25) is 0 Å². The monoisotopic (exact) mass is 195 g/mol. The predicted octanol–water partition coefficient (Wildman–Crippen LogP) is 0.428. The van der Waals surface area contributed by atoms with Gasteiger partial charge in [-0.2, -0.15) is 0 Å². The average Bonchev–Trinajstić information content (AvgIpc) is 2.10. The number of pyridine rings is 1. The summed E-state index contributed by atoms with van der Waals surface area (Å²) in [5.41, 5.74) is 6.79. The highest BCUT2D eigenvalue weighted by Gasteiger charge is 2.10. The van der Waals surface area contributed by atoms with Crippen LogP contribution in [0, 0.1) is 6.92 Å². The van der Waals surface area contributed by atoms with E-state index in [0.717, 1.165) is 5.56 Å². The molecule has 0 saturated heterocycles. The minimum atomic E-state index is -0.270. The van der Waals surface area contributed by atoms with Crippen molar-refractivity contribution >= 4 is 11.8 Å². The van der Waals surface area contributed by atoms with E-state index in [4.69, 9.17) is 10.5 Å². The molecule has 76 valence electrons. The van der Waals surface area contributed by atoms with E-state index in [1.807, 2.05) is 19.1 Å². The van der Waals surface area contributed by atoms with Gasteiger partial charge in [-0.05, 0) is 25.5 Å². The Morgan fingerprint density at radius 1 is 1.64 bits per heavy atom. The van der Waals surface area contributed by atoms with Gasteiger partial charge in [0.1, 0.15) is 0 Å². The van der Waals surface area contributed by atoms with Crippen molar-refractivity contribution in [3.8, 4) is 0 Å². The maximum absolute atomic E-state index is 11.2. The van der Waals surface area contributed by atoms with Crippen LogP contribution in [-0.4, -0.2) is 12.6 Å². The zero-order chi connectivity index (χ0) is 10.6. The van der Waals surface area contributed by atoms with Crippen molar-refractivity contribution in [3.63, 3.8) is 0 Å². The lowest BCUT2D eigenvalue weighted by Crippen LogP contribution is -2.41. The third-order valence-electron chi connectivity index (χ3n) is 1.83. The summed E-state index contributed by atoms with van der Waals surface area (Å²) in [4.78, 5) is 11.2. The van der Waals surface area contributed by atoms with Crippen LogP contribution in [0.5, 0.6) is 0 Å². The second kappa shape index (κ2) is 4.60. The van der Waals surface area contributed by atoms with Gasteiger partial charge in [0.2, 0.25) is 0 Å². The lowest BCUT2D eigenvalue weighted by molar-refractivity contribution is -0.671. The molecule has 0 fully saturated rings. The van der Waals surface area contributed by atoms with E-state index < -0.39 is 0 Å². The molecular formula is C10H15N2O2+. The van der Waals surface area contributed by atoms with Crippen LogP contribution >= 0.6 is 0 Å². The summed E-state index contributed by atoms with van der Waals surface area (Å²) in [6.07, 6.45) is 1.78. The van der Waals surface area contributed by atoms with Crippen molar-refractivity contribution in [2.24, 2.45) is 0 Å². The Balaban J connectivity index is 2.72. The van der Waals surface area contributed by atoms with Crippen molar-refractivity contribution in [2.75, 3.05) is 12.3 Å². The molecule has 14 heavy (non-hydrogen) atoms. The van der Waals surface area contributed by atoms with Crippen molar-refractivity contribution in [1.82, 2.24) is 0 Å². The number of carbonyl (C=O) groups is 1. The van der Waals surface area contributed by atoms with E-state index in [2.05, 4.69) is 0 Å². The summed E-state index contributed by atoms with van der Waals surface area (Å²) in [5.74, 6) is 0.297. The number of nitrogens with two attached hydrogens (primary N) is 1. The lowest BCUT2D eigenvalue weighted by atomic mass is 10.3. The van der Waals surface area contributed by atoms with Gasteiger partial charge >= 0.3 is 5.97 Å². The molecule has 0 radical (unpaired) electrons. The van der Waals surface area contributed by atoms with Crippen LogP contribution in [0.25, 0.3) is 0 Å². The third kappa shape index (κ3) is 2.73. The number of hydrogen-bond donors (Lipinski definition) is 1. The highest BCUT2D eigenvalue weighted by atomic mass is 16.5. The summed E-state index contributed by atoms with van der Waals surface area (Å²) in [6.45, 7) is 4.29. The molecular weight excluding hydrogens is 180 g/mol. The number of nitrogens with zero attached hydrogens (tertiary/aromatic N) is 1. The molecule has 1 heterocycles. The van der Waals surface area contributed by atoms with Gasteiger partial charge in [0.05, 0.1) is 12.8 Å². The zero-order valence-electron chi connectivity index (χ0n) is 8.49. The molecule has 4 nitrogen and oxygen atoms in total. The van der Waals surface area contributed by atoms with Gasteiger partial charge in [0, 0.05) is 6.07 Å². The van der Waals surface area contributed by atoms with Gasteiger partial charge in [-0.15, -0.1) is 0 Å². The first-order chi connectivity index (χ1) is 6.63. The molecule has 0 amide bonds. The number of nitrogen functional groups attached to an aromatic ring is 1. The minimum Gasteiger partial charge on any atom is -0.463 e. The zero-order valence-corrected chi connectivity index (χ0v) is 8.49. The molecule has 1 aromatic heterocycles. The van der Waals surface area contributed by atoms with Crippen LogP contribution in [0.1, 0.15) is 12.5 Å². The fourth-order valence-electron chi connectivity index (χ4n) is 1.15. The normalized spacial score (nSPS) is 9.86. The quantitative estimate of drug-likeness (QED) is 0.562. The van der Waals surface area contributed by atoms with Crippen LogP contribution in [0.4, 0.5) is 5.82 Å². The summed E-state index contributed by atoms with van der Waals surface area (Å²) >= 11 is 0. The van der Waals surface area contributed by atoms with E-state index in [1.54, 1.807) is 17.7 Å². The molecule has 1 aromatic rings. The number of rotatable bonds is 3. The Hall–Kier alpha value is -1.58. The Labute approximate surface area is 83.3 Å². The van der Waals surface area contributed by atoms with Gasteiger partial charge in [-0.1, -0.05) is 0 Å². The van der Waals surface area contributed by atoms with Gasteiger partial charge in [-0.25, -0.2) is 9.36 Å². The summed E-state index contributed by atoms with van der Waals surface area (Å²) in [7, 11) is 0. The van der Waals surface area contributed by atoms with Gasteiger partial charge in [0.25, 0.3) is 5.82 Å². The van der Waals surface area contributed by atoms with E-state index in [9.17, 15) is 4.79 Å². The Morgan fingerprint density at radius 2 is 2.36 bits per heavy atom. The van der Waals surface area contributed by atoms with Crippen molar-refractivity contribution in [3.05, 3.63) is 23.9 Å². The molecule has 4 heteroatoms. The number of esters is 1. The molecule has 0 aliphatic heterocycles. The van der Waals surface area contributed by atoms with E-state index >= 15 is 0 Å². The number of hydrogen-bond acceptors (Lipinski definition) is 3. The Bertz CT molecular complexity index is 337. The van der Waals surface area contributed by atoms with Crippen molar-refractivity contribution in [2.45, 2.75) is 20.4 Å². The summed E-state index contributed by atoms with van der Waals surface area (Å²) in [5, 5.41) is 0. The largest absolute Gasteiger partial charge is 0.463 e. The molecule has 0 saturated carbocycles. The maximum atomic E-state index is 11.2. The lowest BCUT2D eigenvalue weighted by Gasteiger charge is -2.03. The van der Waals surface area contributed by atoms with Crippen molar-refractivity contribution < 1.29 is 14.1 Å². The van der Waals surface area contributed by atoms with Crippen LogP contribution in [0.3, 0.4) is 0 Å². The number of anilines is 1. The first-order valence-electron chi connectivity index (χ1n) is 4.54. The SMILES string of the molecule is CCOC(=O)C[n+]1ccc(C)cc1N. The molecule has 0 unspecified atom stereocenters. The highest BCUT2D eigenvalue weighted by molar-refractivity contribution is 5.67. The highest BCUT2D eigenvalue weighted by Crippen LogP contribution is 1.98. The van der Waals surface area contributed by atoms with Crippen molar-refractivity contribution in [1.29, 1.82) is 0 Å². The molecule has 0 bridgehead atoms. The molecule has 0 atom stereocenters. The second-order valence-electron chi connectivity index (χ2n) is 3.06. The molecule has 0 spiro atoms. The Kier molecular flexibility index (Phi) is 3.45. The first-order valence-corrected chi connectivity index (χ1v) is 4.54. The fraction of sp³-hybridized carbons (Fsp3) is 0.400.